The van der Waals surface area contributed by atoms with Gasteiger partial charge in [-0.15, -0.1) is 0 Å². The normalized spacial score (nSPS) is 41.1. The first-order valence-corrected chi connectivity index (χ1v) is 12.9. The monoisotopic (exact) mass is 431 g/mol. The van der Waals surface area contributed by atoms with Crippen molar-refractivity contribution in [3.63, 3.8) is 0 Å². The van der Waals surface area contributed by atoms with Gasteiger partial charge in [-0.1, -0.05) is 47.0 Å². The van der Waals surface area contributed by atoms with Crippen LogP contribution in [-0.2, 0) is 9.53 Å². The topological polar surface area (TPSA) is 70.3 Å². The predicted octanol–water partition coefficient (Wildman–Crippen LogP) is 6.83. The lowest BCUT2D eigenvalue weighted by molar-refractivity contribution is -0.149. The first-order chi connectivity index (χ1) is 14.6. The second-order valence-electron chi connectivity index (χ2n) is 12.0. The molecule has 4 heteroatoms. The summed E-state index contributed by atoms with van der Waals surface area (Å²) >= 11 is 0. The van der Waals surface area contributed by atoms with E-state index in [4.69, 9.17) is 10.00 Å². The van der Waals surface area contributed by atoms with Crippen molar-refractivity contribution >= 4 is 5.97 Å². The van der Waals surface area contributed by atoms with Crippen molar-refractivity contribution in [3.05, 3.63) is 0 Å². The van der Waals surface area contributed by atoms with Gasteiger partial charge in [-0.05, 0) is 86.4 Å². The number of rotatable bonds is 9. The average Bonchev–Trinajstić information content (AvgIpc) is 3.22. The Labute approximate surface area is 190 Å². The Kier molecular flexibility index (Phi) is 7.78. The molecular weight excluding hydrogens is 386 g/mol. The average molecular weight is 432 g/mol. The molecule has 0 spiro atoms. The van der Waals surface area contributed by atoms with Crippen LogP contribution >= 0.6 is 0 Å². The Bertz CT molecular complexity index is 670. The highest BCUT2D eigenvalue weighted by Crippen LogP contribution is 2.64. The number of carboxylic acids is 1. The maximum atomic E-state index is 11.9. The Morgan fingerprint density at radius 3 is 2.48 bits per heavy atom. The smallest absolute Gasteiger partial charge is 0.303 e. The van der Waals surface area contributed by atoms with Crippen molar-refractivity contribution in [1.82, 2.24) is 0 Å². The third-order valence-electron chi connectivity index (χ3n) is 9.55. The molecule has 3 rings (SSSR count). The van der Waals surface area contributed by atoms with Crippen molar-refractivity contribution in [2.75, 3.05) is 0 Å². The largest absolute Gasteiger partial charge is 0.481 e. The highest BCUT2D eigenvalue weighted by atomic mass is 16.5. The van der Waals surface area contributed by atoms with Gasteiger partial charge in [0.2, 0.25) is 0 Å². The molecule has 1 aliphatic heterocycles. The molecule has 2 saturated carbocycles. The van der Waals surface area contributed by atoms with Crippen LogP contribution in [0.2, 0.25) is 0 Å². The van der Waals surface area contributed by atoms with Gasteiger partial charge in [0.05, 0.1) is 24.2 Å². The van der Waals surface area contributed by atoms with Crippen LogP contribution in [0, 0.1) is 52.3 Å². The minimum Gasteiger partial charge on any atom is -0.481 e. The van der Waals surface area contributed by atoms with E-state index in [9.17, 15) is 9.90 Å². The lowest BCUT2D eigenvalue weighted by atomic mass is 9.53. The summed E-state index contributed by atoms with van der Waals surface area (Å²) in [6.07, 6.45) is 11.2. The molecule has 2 aliphatic carbocycles. The van der Waals surface area contributed by atoms with E-state index in [2.05, 4.69) is 40.7 Å². The Morgan fingerprint density at radius 1 is 1.10 bits per heavy atom. The number of hydrogen-bond donors (Lipinski definition) is 1. The second-order valence-corrected chi connectivity index (χ2v) is 12.0. The summed E-state index contributed by atoms with van der Waals surface area (Å²) in [5.74, 6) is 2.50. The minimum absolute atomic E-state index is 0.0195. The summed E-state index contributed by atoms with van der Waals surface area (Å²) in [5, 5.41) is 18.9. The first-order valence-electron chi connectivity index (χ1n) is 12.9. The summed E-state index contributed by atoms with van der Waals surface area (Å²) in [5.41, 5.74) is -0.0151. The van der Waals surface area contributed by atoms with Crippen LogP contribution in [0.15, 0.2) is 0 Å². The molecule has 0 aromatic rings. The van der Waals surface area contributed by atoms with E-state index in [1.165, 1.54) is 38.5 Å². The van der Waals surface area contributed by atoms with E-state index in [1.54, 1.807) is 0 Å². The first kappa shape index (κ1) is 24.6. The zero-order chi connectivity index (χ0) is 22.8. The van der Waals surface area contributed by atoms with Crippen molar-refractivity contribution in [3.8, 4) is 6.07 Å². The van der Waals surface area contributed by atoms with Crippen LogP contribution in [0.3, 0.4) is 0 Å². The molecule has 1 N–H and O–H groups in total. The molecule has 3 aliphatic rings. The Hall–Kier alpha value is -1.08. The maximum Gasteiger partial charge on any atom is 0.303 e. The number of carbonyl (C=O) groups is 1. The third kappa shape index (κ3) is 5.13. The van der Waals surface area contributed by atoms with E-state index in [-0.39, 0.29) is 29.5 Å². The fourth-order valence-electron chi connectivity index (χ4n) is 8.02. The number of hydrogen-bond acceptors (Lipinski definition) is 3. The summed E-state index contributed by atoms with van der Waals surface area (Å²) in [4.78, 5) is 11.9. The van der Waals surface area contributed by atoms with Crippen LogP contribution in [0.4, 0.5) is 0 Å². The number of carboxylic acid groups (broad SMARTS) is 1. The molecule has 0 amide bonds. The van der Waals surface area contributed by atoms with Crippen LogP contribution in [0.25, 0.3) is 0 Å². The zero-order valence-electron chi connectivity index (χ0n) is 20.5. The molecule has 3 fully saturated rings. The van der Waals surface area contributed by atoms with E-state index in [1.807, 2.05) is 0 Å². The molecule has 8 atom stereocenters. The Balaban J connectivity index is 1.76. The van der Waals surface area contributed by atoms with Gasteiger partial charge in [0.1, 0.15) is 0 Å². The van der Waals surface area contributed by atoms with Crippen LogP contribution in [0.1, 0.15) is 105 Å². The van der Waals surface area contributed by atoms with Crippen LogP contribution in [0.5, 0.6) is 0 Å². The standard InChI is InChI=1S/C27H45NO3/c1-18(2)7-6-8-19(3)22-9-10-23-21(17-25(29)30)24(12-14-26(22,23)4)27(5)15-11-20(31-27)13-16-28/h18-24H,6-15,17H2,1-5H3,(H,29,30)/t19?,20-,21+,22-,23?,24+,26-,27-/m1/s1. The Morgan fingerprint density at radius 2 is 1.84 bits per heavy atom. The minimum atomic E-state index is -0.664. The van der Waals surface area contributed by atoms with Gasteiger partial charge in [-0.25, -0.2) is 0 Å². The molecule has 1 heterocycles. The van der Waals surface area contributed by atoms with Gasteiger partial charge in [-0.3, -0.25) is 4.79 Å². The van der Waals surface area contributed by atoms with Crippen molar-refractivity contribution in [2.45, 2.75) is 117 Å². The van der Waals surface area contributed by atoms with Gasteiger partial charge in [0.25, 0.3) is 0 Å². The van der Waals surface area contributed by atoms with Crippen LogP contribution < -0.4 is 0 Å². The van der Waals surface area contributed by atoms with Crippen molar-refractivity contribution in [1.29, 1.82) is 5.26 Å². The highest BCUT2D eigenvalue weighted by Gasteiger charge is 2.59. The third-order valence-corrected chi connectivity index (χ3v) is 9.55. The number of aliphatic carboxylic acids is 1. The second kappa shape index (κ2) is 9.82. The quantitative estimate of drug-likeness (QED) is 0.434. The number of nitrogens with zero attached hydrogens (tertiary/aromatic N) is 1. The van der Waals surface area contributed by atoms with Crippen molar-refractivity contribution in [2.24, 2.45) is 40.9 Å². The molecule has 1 saturated heterocycles. The molecule has 176 valence electrons. The summed E-state index contributed by atoms with van der Waals surface area (Å²) in [6, 6.07) is 2.26. The van der Waals surface area contributed by atoms with Gasteiger partial charge < -0.3 is 9.84 Å². The fraction of sp³-hybridized carbons (Fsp3) is 0.926. The zero-order valence-corrected chi connectivity index (χ0v) is 20.5. The summed E-state index contributed by atoms with van der Waals surface area (Å²) in [6.45, 7) is 11.7. The lowest BCUT2D eigenvalue weighted by Gasteiger charge is -2.53. The van der Waals surface area contributed by atoms with E-state index in [0.717, 1.165) is 25.2 Å². The molecule has 0 aromatic heterocycles. The number of ether oxygens (including phenoxy) is 1. The van der Waals surface area contributed by atoms with Gasteiger partial charge in [0, 0.05) is 6.42 Å². The number of nitriles is 1. The molecule has 0 aromatic carbocycles. The molecule has 31 heavy (non-hydrogen) atoms. The van der Waals surface area contributed by atoms with Crippen LogP contribution in [-0.4, -0.2) is 22.8 Å². The molecule has 0 bridgehead atoms. The van der Waals surface area contributed by atoms with Gasteiger partial charge in [0.15, 0.2) is 0 Å². The summed E-state index contributed by atoms with van der Waals surface area (Å²) in [7, 11) is 0. The van der Waals surface area contributed by atoms with E-state index >= 15 is 0 Å². The lowest BCUT2D eigenvalue weighted by Crippen LogP contribution is -2.50. The maximum absolute atomic E-state index is 11.9. The highest BCUT2D eigenvalue weighted by molar-refractivity contribution is 5.67. The van der Waals surface area contributed by atoms with E-state index in [0.29, 0.717) is 30.1 Å². The van der Waals surface area contributed by atoms with Crippen molar-refractivity contribution < 1.29 is 14.6 Å². The SMILES string of the molecule is CC(C)CCCC(C)[C@H]1CCC2[C@H](CC(=O)O)[C@@H]([C@@]3(C)CC[C@H](CC#N)O3)CC[C@@]21C. The predicted molar refractivity (Wildman–Crippen MR) is 123 cm³/mol. The number of fused-ring (bicyclic) bond motifs is 1. The summed E-state index contributed by atoms with van der Waals surface area (Å²) < 4.78 is 6.46. The van der Waals surface area contributed by atoms with Gasteiger partial charge >= 0.3 is 5.97 Å². The molecule has 0 radical (unpaired) electrons. The molecular formula is C27H45NO3. The fourth-order valence-corrected chi connectivity index (χ4v) is 8.02. The van der Waals surface area contributed by atoms with E-state index < -0.39 is 5.97 Å². The molecule has 2 unspecified atom stereocenters. The molecule has 4 nitrogen and oxygen atoms in total. The van der Waals surface area contributed by atoms with Gasteiger partial charge in [-0.2, -0.15) is 5.26 Å².